The zero-order valence-electron chi connectivity index (χ0n) is 9.83. The van der Waals surface area contributed by atoms with Crippen molar-refractivity contribution < 1.29 is 17.9 Å². The Labute approximate surface area is 103 Å². The highest BCUT2D eigenvalue weighted by atomic mass is 19.4. The first-order valence-corrected chi connectivity index (χ1v) is 5.72. The molecule has 0 amide bonds. The van der Waals surface area contributed by atoms with Crippen molar-refractivity contribution in [2.45, 2.75) is 12.7 Å². The Balaban J connectivity index is 2.09. The second-order valence-corrected chi connectivity index (χ2v) is 4.30. The number of morpholine rings is 1. The molecule has 1 aliphatic rings. The summed E-state index contributed by atoms with van der Waals surface area (Å²) >= 11 is 0. The van der Waals surface area contributed by atoms with Gasteiger partial charge in [0.15, 0.2) is 0 Å². The van der Waals surface area contributed by atoms with Crippen LogP contribution in [0.2, 0.25) is 0 Å². The van der Waals surface area contributed by atoms with Crippen LogP contribution in [-0.4, -0.2) is 31.2 Å². The third-order valence-corrected chi connectivity index (χ3v) is 2.97. The maximum Gasteiger partial charge on any atom is 0.416 e. The Morgan fingerprint density at radius 3 is 2.44 bits per heavy atom. The lowest BCUT2D eigenvalue weighted by molar-refractivity contribution is -0.137. The number of halogens is 3. The molecule has 1 saturated heterocycles. The van der Waals surface area contributed by atoms with Crippen molar-refractivity contribution in [3.63, 3.8) is 0 Å². The molecule has 100 valence electrons. The molecule has 2 N–H and O–H groups in total. The van der Waals surface area contributed by atoms with Crippen LogP contribution in [0, 0.1) is 0 Å². The Kier molecular flexibility index (Phi) is 3.77. The molecule has 2 rings (SSSR count). The summed E-state index contributed by atoms with van der Waals surface area (Å²) in [6.07, 6.45) is -4.34. The van der Waals surface area contributed by atoms with Crippen LogP contribution in [-0.2, 0) is 17.5 Å². The van der Waals surface area contributed by atoms with Crippen molar-refractivity contribution in [2.75, 3.05) is 32.0 Å². The molecule has 6 heteroatoms. The normalized spacial score (nSPS) is 17.9. The Morgan fingerprint density at radius 2 is 1.89 bits per heavy atom. The molecule has 0 spiro atoms. The molecule has 0 unspecified atom stereocenters. The molecule has 0 aliphatic carbocycles. The first kappa shape index (κ1) is 13.2. The Bertz CT molecular complexity index is 414. The summed E-state index contributed by atoms with van der Waals surface area (Å²) in [5.41, 5.74) is 5.89. The SMILES string of the molecule is Nc1cc(C(F)(F)F)ccc1CN1CCOCC1. The Hall–Kier alpha value is -1.27. The third-order valence-electron chi connectivity index (χ3n) is 2.97. The largest absolute Gasteiger partial charge is 0.416 e. The molecule has 1 heterocycles. The van der Waals surface area contributed by atoms with E-state index in [2.05, 4.69) is 4.90 Å². The van der Waals surface area contributed by atoms with Crippen LogP contribution < -0.4 is 5.73 Å². The molecule has 18 heavy (non-hydrogen) atoms. The van der Waals surface area contributed by atoms with E-state index in [4.69, 9.17) is 10.5 Å². The number of alkyl halides is 3. The van der Waals surface area contributed by atoms with E-state index in [-0.39, 0.29) is 5.69 Å². The summed E-state index contributed by atoms with van der Waals surface area (Å²) in [4.78, 5) is 2.11. The second kappa shape index (κ2) is 5.16. The molecule has 1 fully saturated rings. The maximum atomic E-state index is 12.5. The van der Waals surface area contributed by atoms with Crippen LogP contribution in [0.15, 0.2) is 18.2 Å². The van der Waals surface area contributed by atoms with E-state index in [9.17, 15) is 13.2 Å². The number of nitrogens with zero attached hydrogens (tertiary/aromatic N) is 1. The first-order valence-electron chi connectivity index (χ1n) is 5.72. The van der Waals surface area contributed by atoms with E-state index >= 15 is 0 Å². The van der Waals surface area contributed by atoms with Gasteiger partial charge in [-0.05, 0) is 17.7 Å². The van der Waals surface area contributed by atoms with Crippen molar-refractivity contribution in [2.24, 2.45) is 0 Å². The van der Waals surface area contributed by atoms with Crippen LogP contribution in [0.4, 0.5) is 18.9 Å². The van der Waals surface area contributed by atoms with Crippen LogP contribution in [0.1, 0.15) is 11.1 Å². The van der Waals surface area contributed by atoms with Gasteiger partial charge in [0.2, 0.25) is 0 Å². The molecule has 1 aromatic carbocycles. The fourth-order valence-electron chi connectivity index (χ4n) is 1.92. The van der Waals surface area contributed by atoms with Gasteiger partial charge in [0.05, 0.1) is 18.8 Å². The Morgan fingerprint density at radius 1 is 1.22 bits per heavy atom. The summed E-state index contributed by atoms with van der Waals surface area (Å²) in [7, 11) is 0. The third kappa shape index (κ3) is 3.14. The van der Waals surface area contributed by atoms with Gasteiger partial charge in [-0.1, -0.05) is 6.07 Å². The van der Waals surface area contributed by atoms with Crippen molar-refractivity contribution in [1.82, 2.24) is 4.90 Å². The van der Waals surface area contributed by atoms with Crippen LogP contribution in [0.25, 0.3) is 0 Å². The van der Waals surface area contributed by atoms with Gasteiger partial charge in [-0.15, -0.1) is 0 Å². The number of hydrogen-bond acceptors (Lipinski definition) is 3. The van der Waals surface area contributed by atoms with E-state index in [1.165, 1.54) is 6.07 Å². The number of nitrogens with two attached hydrogens (primary N) is 1. The minimum Gasteiger partial charge on any atom is -0.398 e. The molecule has 1 aromatic rings. The predicted molar refractivity (Wildman–Crippen MR) is 62.0 cm³/mol. The highest BCUT2D eigenvalue weighted by Gasteiger charge is 2.30. The minimum absolute atomic E-state index is 0.191. The zero-order chi connectivity index (χ0) is 13.2. The smallest absolute Gasteiger partial charge is 0.398 e. The van der Waals surface area contributed by atoms with Crippen molar-refractivity contribution >= 4 is 5.69 Å². The van der Waals surface area contributed by atoms with Crippen molar-refractivity contribution in [3.05, 3.63) is 29.3 Å². The summed E-state index contributed by atoms with van der Waals surface area (Å²) in [5, 5.41) is 0. The maximum absolute atomic E-state index is 12.5. The van der Waals surface area contributed by atoms with Gasteiger partial charge in [-0.25, -0.2) is 0 Å². The highest BCUT2D eigenvalue weighted by Crippen LogP contribution is 2.31. The molecule has 0 bridgehead atoms. The van der Waals surface area contributed by atoms with Crippen LogP contribution >= 0.6 is 0 Å². The summed E-state index contributed by atoms with van der Waals surface area (Å²) < 4.78 is 42.6. The quantitative estimate of drug-likeness (QED) is 0.828. The van der Waals surface area contributed by atoms with Gasteiger partial charge in [0.1, 0.15) is 0 Å². The lowest BCUT2D eigenvalue weighted by Gasteiger charge is -2.27. The molecular formula is C12H15F3N2O. The molecule has 0 atom stereocenters. The highest BCUT2D eigenvalue weighted by molar-refractivity contribution is 5.49. The topological polar surface area (TPSA) is 38.5 Å². The predicted octanol–water partition coefficient (Wildman–Crippen LogP) is 2.12. The molecule has 1 aliphatic heterocycles. The minimum atomic E-state index is -4.34. The number of nitrogen functional groups attached to an aromatic ring is 1. The van der Waals surface area contributed by atoms with Gasteiger partial charge in [0.25, 0.3) is 0 Å². The van der Waals surface area contributed by atoms with Crippen molar-refractivity contribution in [1.29, 1.82) is 0 Å². The number of rotatable bonds is 2. The van der Waals surface area contributed by atoms with Gasteiger partial charge < -0.3 is 10.5 Å². The van der Waals surface area contributed by atoms with Gasteiger partial charge in [-0.2, -0.15) is 13.2 Å². The van der Waals surface area contributed by atoms with E-state index < -0.39 is 11.7 Å². The standard InChI is InChI=1S/C12H15F3N2O/c13-12(14,15)10-2-1-9(11(16)7-10)8-17-3-5-18-6-4-17/h1-2,7H,3-6,8,16H2. The summed E-state index contributed by atoms with van der Waals surface area (Å²) in [6.45, 7) is 3.43. The summed E-state index contributed by atoms with van der Waals surface area (Å²) in [5.74, 6) is 0. The fraction of sp³-hybridized carbons (Fsp3) is 0.500. The number of benzene rings is 1. The van der Waals surface area contributed by atoms with E-state index in [1.54, 1.807) is 0 Å². The van der Waals surface area contributed by atoms with Crippen LogP contribution in [0.3, 0.4) is 0 Å². The zero-order valence-corrected chi connectivity index (χ0v) is 9.83. The first-order chi connectivity index (χ1) is 8.47. The van der Waals surface area contributed by atoms with Gasteiger partial charge in [-0.3, -0.25) is 4.90 Å². The van der Waals surface area contributed by atoms with E-state index in [0.717, 1.165) is 30.8 Å². The van der Waals surface area contributed by atoms with Crippen LogP contribution in [0.5, 0.6) is 0 Å². The number of ether oxygens (including phenoxy) is 1. The molecule has 0 aromatic heterocycles. The van der Waals surface area contributed by atoms with E-state index in [1.807, 2.05) is 0 Å². The van der Waals surface area contributed by atoms with E-state index in [0.29, 0.717) is 19.8 Å². The monoisotopic (exact) mass is 260 g/mol. The molecule has 0 radical (unpaired) electrons. The average molecular weight is 260 g/mol. The lowest BCUT2D eigenvalue weighted by atomic mass is 10.1. The fourth-order valence-corrected chi connectivity index (χ4v) is 1.92. The summed E-state index contributed by atoms with van der Waals surface area (Å²) in [6, 6.07) is 3.52. The lowest BCUT2D eigenvalue weighted by Crippen LogP contribution is -2.35. The molecule has 0 saturated carbocycles. The number of hydrogen-bond donors (Lipinski definition) is 1. The van der Waals surface area contributed by atoms with Crippen molar-refractivity contribution in [3.8, 4) is 0 Å². The molecular weight excluding hydrogens is 245 g/mol. The van der Waals surface area contributed by atoms with Gasteiger partial charge >= 0.3 is 6.18 Å². The number of anilines is 1. The molecule has 3 nitrogen and oxygen atoms in total. The van der Waals surface area contributed by atoms with Gasteiger partial charge in [0, 0.05) is 25.3 Å². The average Bonchev–Trinajstić information content (AvgIpc) is 2.32. The second-order valence-electron chi connectivity index (χ2n) is 4.30.